The van der Waals surface area contributed by atoms with E-state index in [2.05, 4.69) is 4.98 Å². The van der Waals surface area contributed by atoms with Crippen molar-refractivity contribution >= 4 is 17.4 Å². The quantitative estimate of drug-likeness (QED) is 0.849. The Hall–Kier alpha value is -0.840. The molecule has 0 aliphatic rings. The third-order valence-corrected chi connectivity index (χ3v) is 2.70. The normalized spacial score (nSPS) is 10.9. The summed E-state index contributed by atoms with van der Waals surface area (Å²) in [7, 11) is 1.93. The molecule has 5 heteroatoms. The van der Waals surface area contributed by atoms with Crippen molar-refractivity contribution in [3.8, 4) is 0 Å². The van der Waals surface area contributed by atoms with Gasteiger partial charge in [-0.2, -0.15) is 0 Å². The lowest BCUT2D eigenvalue weighted by molar-refractivity contribution is 0.0845. The Labute approximate surface area is 107 Å². The van der Waals surface area contributed by atoms with E-state index in [0.29, 0.717) is 17.2 Å². The van der Waals surface area contributed by atoms with Crippen molar-refractivity contribution < 1.29 is 9.84 Å². The van der Waals surface area contributed by atoms with Crippen molar-refractivity contribution in [3.05, 3.63) is 22.8 Å². The topological polar surface area (TPSA) is 45.6 Å². The summed E-state index contributed by atoms with van der Waals surface area (Å²) in [6.07, 6.45) is 1.79. The van der Waals surface area contributed by atoms with Gasteiger partial charge in [-0.1, -0.05) is 11.6 Å². The SMILES string of the molecule is CC(C)OCCN(C)c1cc(CO)c(Cl)cn1. The zero-order chi connectivity index (χ0) is 12.8. The Bertz CT molecular complexity index is 358. The molecule has 0 unspecified atom stereocenters. The maximum Gasteiger partial charge on any atom is 0.128 e. The van der Waals surface area contributed by atoms with Gasteiger partial charge in [-0.15, -0.1) is 0 Å². The molecule has 0 aromatic carbocycles. The summed E-state index contributed by atoms with van der Waals surface area (Å²) in [6.45, 7) is 5.32. The lowest BCUT2D eigenvalue weighted by Crippen LogP contribution is -2.24. The van der Waals surface area contributed by atoms with Crippen LogP contribution >= 0.6 is 11.6 Å². The predicted octanol–water partition coefficient (Wildman–Crippen LogP) is 2.09. The third-order valence-electron chi connectivity index (χ3n) is 2.36. The van der Waals surface area contributed by atoms with Gasteiger partial charge in [-0.3, -0.25) is 0 Å². The fourth-order valence-electron chi connectivity index (χ4n) is 1.34. The fourth-order valence-corrected chi connectivity index (χ4v) is 1.50. The molecule has 17 heavy (non-hydrogen) atoms. The second kappa shape index (κ2) is 6.79. The van der Waals surface area contributed by atoms with Crippen LogP contribution in [0.15, 0.2) is 12.3 Å². The monoisotopic (exact) mass is 258 g/mol. The van der Waals surface area contributed by atoms with E-state index in [-0.39, 0.29) is 12.7 Å². The minimum absolute atomic E-state index is 0.0787. The van der Waals surface area contributed by atoms with E-state index in [1.807, 2.05) is 25.8 Å². The third kappa shape index (κ3) is 4.50. The molecule has 0 aliphatic carbocycles. The molecule has 0 aliphatic heterocycles. The van der Waals surface area contributed by atoms with E-state index in [4.69, 9.17) is 21.4 Å². The average Bonchev–Trinajstić information content (AvgIpc) is 2.29. The lowest BCUT2D eigenvalue weighted by Gasteiger charge is -2.19. The van der Waals surface area contributed by atoms with Crippen LogP contribution in [0.5, 0.6) is 0 Å². The van der Waals surface area contributed by atoms with Crippen LogP contribution < -0.4 is 4.90 Å². The zero-order valence-corrected chi connectivity index (χ0v) is 11.2. The summed E-state index contributed by atoms with van der Waals surface area (Å²) in [5.74, 6) is 0.783. The molecule has 0 atom stereocenters. The number of halogens is 1. The van der Waals surface area contributed by atoms with Gasteiger partial charge in [0, 0.05) is 25.4 Å². The van der Waals surface area contributed by atoms with E-state index >= 15 is 0 Å². The minimum atomic E-state index is -0.0787. The van der Waals surface area contributed by atoms with E-state index in [1.54, 1.807) is 12.3 Å². The number of aromatic nitrogens is 1. The first-order chi connectivity index (χ1) is 8.04. The van der Waals surface area contributed by atoms with Gasteiger partial charge in [0.25, 0.3) is 0 Å². The predicted molar refractivity (Wildman–Crippen MR) is 69.5 cm³/mol. The number of anilines is 1. The summed E-state index contributed by atoms with van der Waals surface area (Å²) in [5, 5.41) is 9.61. The van der Waals surface area contributed by atoms with Crippen molar-refractivity contribution in [2.24, 2.45) is 0 Å². The van der Waals surface area contributed by atoms with Gasteiger partial charge in [0.2, 0.25) is 0 Å². The summed E-state index contributed by atoms with van der Waals surface area (Å²) in [6, 6.07) is 1.79. The van der Waals surface area contributed by atoms with Crippen molar-refractivity contribution in [2.75, 3.05) is 25.1 Å². The van der Waals surface area contributed by atoms with Gasteiger partial charge in [-0.05, 0) is 19.9 Å². The molecule has 0 spiro atoms. The highest BCUT2D eigenvalue weighted by molar-refractivity contribution is 6.31. The van der Waals surface area contributed by atoms with Crippen LogP contribution in [0, 0.1) is 0 Å². The number of hydrogen-bond acceptors (Lipinski definition) is 4. The highest BCUT2D eigenvalue weighted by Crippen LogP contribution is 2.19. The molecule has 0 bridgehead atoms. The summed E-state index contributed by atoms with van der Waals surface area (Å²) in [5.41, 5.74) is 0.688. The van der Waals surface area contributed by atoms with E-state index in [9.17, 15) is 0 Å². The molecule has 1 aromatic heterocycles. The maximum atomic E-state index is 9.12. The standard InChI is InChI=1S/C12H19ClN2O2/c1-9(2)17-5-4-15(3)12-6-10(8-16)11(13)7-14-12/h6-7,9,16H,4-5,8H2,1-3H3. The van der Waals surface area contributed by atoms with Crippen molar-refractivity contribution in [1.29, 1.82) is 0 Å². The fraction of sp³-hybridized carbons (Fsp3) is 0.583. The first kappa shape index (κ1) is 14.2. The average molecular weight is 259 g/mol. The van der Waals surface area contributed by atoms with Gasteiger partial charge < -0.3 is 14.7 Å². The lowest BCUT2D eigenvalue weighted by atomic mass is 10.2. The van der Waals surface area contributed by atoms with Crippen LogP contribution in [0.3, 0.4) is 0 Å². The van der Waals surface area contributed by atoms with Crippen molar-refractivity contribution in [1.82, 2.24) is 4.98 Å². The Morgan fingerprint density at radius 2 is 2.24 bits per heavy atom. The largest absolute Gasteiger partial charge is 0.392 e. The minimum Gasteiger partial charge on any atom is -0.392 e. The van der Waals surface area contributed by atoms with Gasteiger partial charge >= 0.3 is 0 Å². The molecule has 1 rings (SSSR count). The molecule has 0 fully saturated rings. The summed E-state index contributed by atoms with van der Waals surface area (Å²) < 4.78 is 5.47. The number of ether oxygens (including phenoxy) is 1. The van der Waals surface area contributed by atoms with Gasteiger partial charge in [0.1, 0.15) is 5.82 Å². The van der Waals surface area contributed by atoms with Gasteiger partial charge in [0.05, 0.1) is 24.3 Å². The number of pyridine rings is 1. The van der Waals surface area contributed by atoms with Crippen LogP contribution in [0.1, 0.15) is 19.4 Å². The summed E-state index contributed by atoms with van der Waals surface area (Å²) in [4.78, 5) is 6.18. The highest BCUT2D eigenvalue weighted by atomic mass is 35.5. The molecular weight excluding hydrogens is 240 g/mol. The maximum absolute atomic E-state index is 9.12. The Kier molecular flexibility index (Phi) is 5.68. The van der Waals surface area contributed by atoms with Crippen LogP contribution in [-0.2, 0) is 11.3 Å². The van der Waals surface area contributed by atoms with Crippen molar-refractivity contribution in [2.45, 2.75) is 26.6 Å². The van der Waals surface area contributed by atoms with Crippen LogP contribution in [0.4, 0.5) is 5.82 Å². The van der Waals surface area contributed by atoms with E-state index < -0.39 is 0 Å². The molecule has 1 N–H and O–H groups in total. The van der Waals surface area contributed by atoms with Crippen molar-refractivity contribution in [3.63, 3.8) is 0 Å². The number of aliphatic hydroxyl groups excluding tert-OH is 1. The highest BCUT2D eigenvalue weighted by Gasteiger charge is 2.06. The first-order valence-corrected chi connectivity index (χ1v) is 6.00. The molecular formula is C12H19ClN2O2. The number of rotatable bonds is 6. The van der Waals surface area contributed by atoms with Crippen LogP contribution in [0.2, 0.25) is 5.02 Å². The molecule has 0 saturated heterocycles. The Morgan fingerprint density at radius 3 is 2.82 bits per heavy atom. The second-order valence-corrected chi connectivity index (χ2v) is 4.54. The second-order valence-electron chi connectivity index (χ2n) is 4.13. The molecule has 1 aromatic rings. The number of hydrogen-bond donors (Lipinski definition) is 1. The number of likely N-dealkylation sites (N-methyl/N-ethyl adjacent to an activating group) is 1. The summed E-state index contributed by atoms with van der Waals surface area (Å²) >= 11 is 5.88. The van der Waals surface area contributed by atoms with Gasteiger partial charge in [0.15, 0.2) is 0 Å². The van der Waals surface area contributed by atoms with Crippen LogP contribution in [-0.4, -0.2) is 36.4 Å². The molecule has 4 nitrogen and oxygen atoms in total. The number of nitrogens with zero attached hydrogens (tertiary/aromatic N) is 2. The Morgan fingerprint density at radius 1 is 1.53 bits per heavy atom. The molecule has 0 saturated carbocycles. The van der Waals surface area contributed by atoms with Crippen LogP contribution in [0.25, 0.3) is 0 Å². The zero-order valence-electron chi connectivity index (χ0n) is 10.5. The van der Waals surface area contributed by atoms with E-state index in [1.165, 1.54) is 0 Å². The number of aliphatic hydroxyl groups is 1. The first-order valence-electron chi connectivity index (χ1n) is 5.62. The molecule has 0 amide bonds. The van der Waals surface area contributed by atoms with Gasteiger partial charge in [-0.25, -0.2) is 4.98 Å². The Balaban J connectivity index is 2.59. The molecule has 96 valence electrons. The molecule has 0 radical (unpaired) electrons. The smallest absolute Gasteiger partial charge is 0.128 e. The van der Waals surface area contributed by atoms with E-state index in [0.717, 1.165) is 12.4 Å². The molecule has 1 heterocycles.